The van der Waals surface area contributed by atoms with E-state index in [-0.39, 0.29) is 12.1 Å². The topological polar surface area (TPSA) is 42.3 Å². The van der Waals surface area contributed by atoms with Gasteiger partial charge in [-0.15, -0.1) is 0 Å². The second-order valence-corrected chi connectivity index (χ2v) is 9.32. The Morgan fingerprint density at radius 1 is 0.971 bits per heavy atom. The van der Waals surface area contributed by atoms with Crippen molar-refractivity contribution in [3.63, 3.8) is 0 Å². The van der Waals surface area contributed by atoms with Gasteiger partial charge < -0.3 is 19.5 Å². The van der Waals surface area contributed by atoms with E-state index in [1.807, 2.05) is 61.7 Å². The molecule has 2 aromatic heterocycles. The van der Waals surface area contributed by atoms with Gasteiger partial charge in [0.1, 0.15) is 11.5 Å². The molecule has 0 spiro atoms. The van der Waals surface area contributed by atoms with Crippen LogP contribution >= 0.6 is 12.2 Å². The number of hydrogen-bond acceptors (Lipinski definition) is 3. The maximum Gasteiger partial charge on any atom is 0.174 e. The number of ether oxygens (including phenoxy) is 1. The molecular weight excluding hydrogens is 452 g/mol. The lowest BCUT2D eigenvalue weighted by Gasteiger charge is -2.28. The quantitative estimate of drug-likeness (QED) is 0.306. The van der Waals surface area contributed by atoms with E-state index in [9.17, 15) is 0 Å². The zero-order chi connectivity index (χ0) is 24.5. The fraction of sp³-hybridized carbons (Fsp3) is 0.241. The third kappa shape index (κ3) is 4.30. The summed E-state index contributed by atoms with van der Waals surface area (Å²) in [6.45, 7) is 9.52. The molecule has 35 heavy (non-hydrogen) atoms. The van der Waals surface area contributed by atoms with E-state index >= 15 is 0 Å². The fourth-order valence-electron chi connectivity index (χ4n) is 5.04. The second kappa shape index (κ2) is 9.55. The molecule has 0 saturated carbocycles. The van der Waals surface area contributed by atoms with Crippen molar-refractivity contribution in [2.24, 2.45) is 0 Å². The minimum atomic E-state index is -0.0580. The minimum absolute atomic E-state index is 0.0213. The van der Waals surface area contributed by atoms with Crippen molar-refractivity contribution in [1.82, 2.24) is 14.9 Å². The lowest BCUT2D eigenvalue weighted by Crippen LogP contribution is -2.29. The number of pyridine rings is 1. The van der Waals surface area contributed by atoms with E-state index in [0.717, 1.165) is 35.0 Å². The third-order valence-corrected chi connectivity index (χ3v) is 7.10. The number of nitrogens with one attached hydrogen (secondary N) is 1. The van der Waals surface area contributed by atoms with Crippen molar-refractivity contribution < 1.29 is 4.74 Å². The van der Waals surface area contributed by atoms with Gasteiger partial charge in [-0.1, -0.05) is 24.3 Å². The van der Waals surface area contributed by atoms with Gasteiger partial charge >= 0.3 is 0 Å². The summed E-state index contributed by atoms with van der Waals surface area (Å²) in [7, 11) is 0. The molecule has 5 rings (SSSR count). The van der Waals surface area contributed by atoms with Gasteiger partial charge in [0.15, 0.2) is 5.11 Å². The molecule has 4 aromatic rings. The first kappa shape index (κ1) is 23.1. The molecule has 0 aliphatic carbocycles. The van der Waals surface area contributed by atoms with Crippen LogP contribution in [-0.2, 0) is 6.54 Å². The van der Waals surface area contributed by atoms with Crippen LogP contribution in [0.4, 0.5) is 5.69 Å². The van der Waals surface area contributed by atoms with Crippen LogP contribution in [0.5, 0.6) is 11.5 Å². The Labute approximate surface area is 212 Å². The van der Waals surface area contributed by atoms with Crippen molar-refractivity contribution in [3.8, 4) is 11.5 Å². The molecule has 1 N–H and O–H groups in total. The van der Waals surface area contributed by atoms with Gasteiger partial charge in [0.05, 0.1) is 17.8 Å². The molecule has 1 fully saturated rings. The summed E-state index contributed by atoms with van der Waals surface area (Å²) in [5, 5.41) is 4.25. The third-order valence-electron chi connectivity index (χ3n) is 6.78. The maximum absolute atomic E-state index is 6.13. The summed E-state index contributed by atoms with van der Waals surface area (Å²) in [6.07, 6.45) is 1.84. The Morgan fingerprint density at radius 3 is 2.37 bits per heavy atom. The molecule has 0 unspecified atom stereocenters. The van der Waals surface area contributed by atoms with E-state index < -0.39 is 0 Å². The molecule has 0 radical (unpaired) electrons. The van der Waals surface area contributed by atoms with Crippen LogP contribution in [0.15, 0.2) is 79.0 Å². The Bertz CT molecular complexity index is 1350. The molecule has 0 amide bonds. The van der Waals surface area contributed by atoms with Crippen LogP contribution in [0.25, 0.3) is 0 Å². The molecule has 1 saturated heterocycles. The number of aryl methyl sites for hydroxylation is 2. The average Bonchev–Trinajstić information content (AvgIpc) is 3.36. The average molecular weight is 483 g/mol. The number of hydrogen-bond donors (Lipinski definition) is 1. The van der Waals surface area contributed by atoms with Gasteiger partial charge in [0.2, 0.25) is 0 Å². The summed E-state index contributed by atoms with van der Waals surface area (Å²) < 4.78 is 8.48. The van der Waals surface area contributed by atoms with Crippen LogP contribution in [0.2, 0.25) is 0 Å². The summed E-state index contributed by atoms with van der Waals surface area (Å²) in [5.74, 6) is 1.65. The number of benzene rings is 2. The number of nitrogens with zero attached hydrogens (tertiary/aromatic N) is 3. The molecule has 1 aliphatic heterocycles. The Kier molecular flexibility index (Phi) is 6.31. The van der Waals surface area contributed by atoms with Gasteiger partial charge in [0.25, 0.3) is 0 Å². The van der Waals surface area contributed by atoms with Gasteiger partial charge in [0, 0.05) is 29.8 Å². The summed E-state index contributed by atoms with van der Waals surface area (Å²) >= 11 is 5.89. The molecular formula is C29H30N4OS. The number of rotatable bonds is 6. The van der Waals surface area contributed by atoms with Crippen molar-refractivity contribution in [3.05, 3.63) is 107 Å². The normalized spacial score (nSPS) is 17.5. The monoisotopic (exact) mass is 482 g/mol. The van der Waals surface area contributed by atoms with Crippen LogP contribution in [0.1, 0.15) is 47.2 Å². The zero-order valence-electron chi connectivity index (χ0n) is 20.5. The lowest BCUT2D eigenvalue weighted by atomic mass is 9.96. The highest BCUT2D eigenvalue weighted by molar-refractivity contribution is 7.80. The molecule has 0 bridgehead atoms. The smallest absolute Gasteiger partial charge is 0.174 e. The molecule has 2 aromatic carbocycles. The van der Waals surface area contributed by atoms with Crippen LogP contribution < -0.4 is 15.0 Å². The lowest BCUT2D eigenvalue weighted by molar-refractivity contribution is 0.479. The van der Waals surface area contributed by atoms with Crippen molar-refractivity contribution in [2.75, 3.05) is 4.90 Å². The predicted molar refractivity (Wildman–Crippen MR) is 145 cm³/mol. The van der Waals surface area contributed by atoms with Gasteiger partial charge in [-0.2, -0.15) is 0 Å². The Balaban J connectivity index is 1.53. The van der Waals surface area contributed by atoms with Crippen LogP contribution in [0, 0.1) is 20.8 Å². The second-order valence-electron chi connectivity index (χ2n) is 8.93. The van der Waals surface area contributed by atoms with Crippen LogP contribution in [0.3, 0.4) is 0 Å². The zero-order valence-corrected chi connectivity index (χ0v) is 21.3. The van der Waals surface area contributed by atoms with Crippen molar-refractivity contribution in [1.29, 1.82) is 0 Å². The first-order valence-electron chi connectivity index (χ1n) is 12.0. The summed E-state index contributed by atoms with van der Waals surface area (Å²) in [6, 6.07) is 24.4. The number of aromatic nitrogens is 2. The summed E-state index contributed by atoms with van der Waals surface area (Å²) in [4.78, 5) is 6.89. The van der Waals surface area contributed by atoms with Gasteiger partial charge in [-0.05, 0) is 99.6 Å². The SMILES string of the molecule is CCn1c(C)cc([C@@H]2[C@@H](c3ccccn3)NC(=S)N2c2ccc(Oc3ccccc3C)cc2)c1C. The molecule has 6 heteroatoms. The molecule has 178 valence electrons. The standard InChI is InChI=1S/C29H30N4OS/c1-5-32-20(3)18-24(21(32)4)28-27(25-11-8-9-17-30-25)31-29(35)33(28)22-13-15-23(16-14-22)34-26-12-7-6-10-19(26)2/h6-18,27-28H,5H2,1-4H3,(H,31,35)/t27-,28-/m1/s1. The van der Waals surface area contributed by atoms with E-state index in [2.05, 4.69) is 64.8 Å². The highest BCUT2D eigenvalue weighted by atomic mass is 32.1. The number of anilines is 1. The van der Waals surface area contributed by atoms with Crippen molar-refractivity contribution >= 4 is 23.0 Å². The largest absolute Gasteiger partial charge is 0.457 e. The molecule has 3 heterocycles. The number of thiocarbonyl (C=S) groups is 1. The minimum Gasteiger partial charge on any atom is -0.457 e. The van der Waals surface area contributed by atoms with Crippen LogP contribution in [-0.4, -0.2) is 14.7 Å². The van der Waals surface area contributed by atoms with E-state index in [4.69, 9.17) is 17.0 Å². The van der Waals surface area contributed by atoms with E-state index in [0.29, 0.717) is 5.11 Å². The highest BCUT2D eigenvalue weighted by Crippen LogP contribution is 2.43. The predicted octanol–water partition coefficient (Wildman–Crippen LogP) is 6.80. The molecule has 2 atom stereocenters. The first-order chi connectivity index (χ1) is 17.0. The Morgan fingerprint density at radius 2 is 1.71 bits per heavy atom. The van der Waals surface area contributed by atoms with Gasteiger partial charge in [-0.25, -0.2) is 0 Å². The molecule has 1 aliphatic rings. The maximum atomic E-state index is 6.13. The Hall–Kier alpha value is -3.64. The fourth-order valence-corrected chi connectivity index (χ4v) is 5.38. The van der Waals surface area contributed by atoms with Gasteiger partial charge in [-0.3, -0.25) is 4.98 Å². The summed E-state index contributed by atoms with van der Waals surface area (Å²) in [5.41, 5.74) is 6.86. The van der Waals surface area contributed by atoms with E-state index in [1.165, 1.54) is 17.0 Å². The van der Waals surface area contributed by atoms with E-state index in [1.54, 1.807) is 0 Å². The molecule has 5 nitrogen and oxygen atoms in total. The number of para-hydroxylation sites is 1. The first-order valence-corrected chi connectivity index (χ1v) is 12.4. The van der Waals surface area contributed by atoms with Crippen molar-refractivity contribution in [2.45, 2.75) is 46.3 Å². The highest BCUT2D eigenvalue weighted by Gasteiger charge is 2.42.